The van der Waals surface area contributed by atoms with Crippen LogP contribution in [0, 0.1) is 11.6 Å². The lowest BCUT2D eigenvalue weighted by molar-refractivity contribution is -0.127. The fourth-order valence-electron chi connectivity index (χ4n) is 3.43. The van der Waals surface area contributed by atoms with Gasteiger partial charge in [0.15, 0.2) is 11.5 Å². The Kier molecular flexibility index (Phi) is 7.54. The molecule has 0 unspecified atom stereocenters. The van der Waals surface area contributed by atoms with Crippen molar-refractivity contribution in [3.05, 3.63) is 53.6 Å². The first-order chi connectivity index (χ1) is 15.7. The predicted octanol–water partition coefficient (Wildman–Crippen LogP) is 2.54. The number of carbonyl (C=O) groups excluding carboxylic acids is 1. The zero-order valence-electron chi connectivity index (χ0n) is 18.4. The molecule has 2 aromatic carbocycles. The van der Waals surface area contributed by atoms with Crippen LogP contribution in [-0.2, 0) is 14.8 Å². The molecular formula is C22H24F2N2O6S. The Morgan fingerprint density at radius 2 is 1.55 bits per heavy atom. The summed E-state index contributed by atoms with van der Waals surface area (Å²) in [6.45, 7) is 0.132. The van der Waals surface area contributed by atoms with Gasteiger partial charge < -0.3 is 19.1 Å². The molecule has 0 spiro atoms. The first kappa shape index (κ1) is 24.5. The molecule has 0 N–H and O–H groups in total. The van der Waals surface area contributed by atoms with Crippen molar-refractivity contribution in [3.8, 4) is 17.2 Å². The van der Waals surface area contributed by atoms with E-state index in [-0.39, 0.29) is 32.1 Å². The van der Waals surface area contributed by atoms with E-state index in [1.54, 1.807) is 18.2 Å². The third-order valence-corrected chi connectivity index (χ3v) is 7.08. The highest BCUT2D eigenvalue weighted by molar-refractivity contribution is 7.89. The highest BCUT2D eigenvalue weighted by atomic mass is 32.2. The molecular weight excluding hydrogens is 458 g/mol. The van der Waals surface area contributed by atoms with Gasteiger partial charge in [0.05, 0.1) is 21.3 Å². The van der Waals surface area contributed by atoms with Crippen LogP contribution in [0.2, 0.25) is 0 Å². The maximum absolute atomic E-state index is 14.0. The number of hydrogen-bond donors (Lipinski definition) is 0. The lowest BCUT2D eigenvalue weighted by Gasteiger charge is -2.33. The number of ether oxygens (including phenoxy) is 3. The Hall–Kier alpha value is -3.18. The maximum Gasteiger partial charge on any atom is 0.246 e. The molecule has 0 aliphatic carbocycles. The second-order valence-corrected chi connectivity index (χ2v) is 9.00. The summed E-state index contributed by atoms with van der Waals surface area (Å²) in [5.41, 5.74) is 0.639. The Labute approximate surface area is 191 Å². The summed E-state index contributed by atoms with van der Waals surface area (Å²) in [6, 6.07) is 5.65. The zero-order chi connectivity index (χ0) is 24.2. The van der Waals surface area contributed by atoms with E-state index in [2.05, 4.69) is 0 Å². The molecule has 0 atom stereocenters. The number of amides is 1. The monoisotopic (exact) mass is 482 g/mol. The molecule has 0 saturated carbocycles. The summed E-state index contributed by atoms with van der Waals surface area (Å²) in [5, 5.41) is 0. The van der Waals surface area contributed by atoms with Gasteiger partial charge in [-0.1, -0.05) is 0 Å². The quantitative estimate of drug-likeness (QED) is 0.564. The Balaban J connectivity index is 1.69. The van der Waals surface area contributed by atoms with Crippen molar-refractivity contribution in [3.63, 3.8) is 0 Å². The van der Waals surface area contributed by atoms with Crippen LogP contribution in [0.3, 0.4) is 0 Å². The minimum absolute atomic E-state index is 0.0396. The Morgan fingerprint density at radius 1 is 0.939 bits per heavy atom. The number of methoxy groups -OCH3 is 3. The van der Waals surface area contributed by atoms with Crippen molar-refractivity contribution >= 4 is 22.0 Å². The van der Waals surface area contributed by atoms with Gasteiger partial charge in [-0.3, -0.25) is 4.79 Å². The molecule has 11 heteroatoms. The first-order valence-electron chi connectivity index (χ1n) is 9.93. The molecule has 1 aliphatic heterocycles. The molecule has 3 rings (SSSR count). The molecule has 1 amide bonds. The van der Waals surface area contributed by atoms with Gasteiger partial charge in [-0.05, 0) is 42.0 Å². The lowest BCUT2D eigenvalue weighted by atomic mass is 10.1. The second-order valence-electron chi connectivity index (χ2n) is 7.10. The molecule has 0 aromatic heterocycles. The van der Waals surface area contributed by atoms with Crippen LogP contribution in [0.25, 0.3) is 6.08 Å². The van der Waals surface area contributed by atoms with Crippen molar-refractivity contribution in [1.82, 2.24) is 9.21 Å². The van der Waals surface area contributed by atoms with Crippen LogP contribution in [-0.4, -0.2) is 71.0 Å². The van der Waals surface area contributed by atoms with E-state index in [9.17, 15) is 22.0 Å². The van der Waals surface area contributed by atoms with Crippen LogP contribution in [0.4, 0.5) is 8.78 Å². The minimum atomic E-state index is -4.22. The number of piperazine rings is 1. The molecule has 33 heavy (non-hydrogen) atoms. The molecule has 1 aliphatic rings. The van der Waals surface area contributed by atoms with Crippen LogP contribution >= 0.6 is 0 Å². The summed E-state index contributed by atoms with van der Waals surface area (Å²) < 4.78 is 69.7. The van der Waals surface area contributed by atoms with Crippen LogP contribution in [0.15, 0.2) is 41.3 Å². The van der Waals surface area contributed by atoms with Gasteiger partial charge in [0.1, 0.15) is 16.5 Å². The van der Waals surface area contributed by atoms with Gasteiger partial charge in [-0.25, -0.2) is 17.2 Å². The Morgan fingerprint density at radius 3 is 2.09 bits per heavy atom. The van der Waals surface area contributed by atoms with Gasteiger partial charge in [-0.15, -0.1) is 0 Å². The summed E-state index contributed by atoms with van der Waals surface area (Å²) >= 11 is 0. The fourth-order valence-corrected chi connectivity index (χ4v) is 4.93. The standard InChI is InChI=1S/C22H24F2N2O6S/c1-30-18-12-15(13-19(31-2)22(18)32-3)4-7-21(27)25-8-10-26(11-9-25)33(28,29)20-14-16(23)5-6-17(20)24/h4-7,12-14H,8-11H2,1-3H3/b7-4+. The Bertz CT molecular complexity index is 1140. The van der Waals surface area contributed by atoms with Crippen LogP contribution in [0.5, 0.6) is 17.2 Å². The summed E-state index contributed by atoms with van der Waals surface area (Å²) in [7, 11) is 0.240. The van der Waals surface area contributed by atoms with Gasteiger partial charge in [-0.2, -0.15) is 4.31 Å². The van der Waals surface area contributed by atoms with E-state index < -0.39 is 26.6 Å². The molecule has 1 heterocycles. The van der Waals surface area contributed by atoms with Gasteiger partial charge in [0.2, 0.25) is 21.7 Å². The minimum Gasteiger partial charge on any atom is -0.493 e. The van der Waals surface area contributed by atoms with Crippen molar-refractivity contribution in [2.24, 2.45) is 0 Å². The van der Waals surface area contributed by atoms with Crippen molar-refractivity contribution in [2.45, 2.75) is 4.90 Å². The normalized spacial score (nSPS) is 15.0. The number of nitrogens with zero attached hydrogens (tertiary/aromatic N) is 2. The van der Waals surface area contributed by atoms with Crippen molar-refractivity contribution in [1.29, 1.82) is 0 Å². The predicted molar refractivity (Wildman–Crippen MR) is 117 cm³/mol. The van der Waals surface area contributed by atoms with Crippen LogP contribution in [0.1, 0.15) is 5.56 Å². The van der Waals surface area contributed by atoms with E-state index >= 15 is 0 Å². The average Bonchev–Trinajstić information content (AvgIpc) is 2.83. The third-order valence-electron chi connectivity index (χ3n) is 5.17. The summed E-state index contributed by atoms with van der Waals surface area (Å²) in [4.78, 5) is 13.4. The van der Waals surface area contributed by atoms with Crippen molar-refractivity contribution < 1.29 is 36.2 Å². The number of benzene rings is 2. The highest BCUT2D eigenvalue weighted by Crippen LogP contribution is 2.38. The molecule has 178 valence electrons. The average molecular weight is 483 g/mol. The summed E-state index contributed by atoms with van der Waals surface area (Å²) in [5.74, 6) is -0.892. The van der Waals surface area contributed by atoms with Gasteiger partial charge in [0, 0.05) is 32.3 Å². The maximum atomic E-state index is 14.0. The third kappa shape index (κ3) is 5.25. The molecule has 2 aromatic rings. The van der Waals surface area contributed by atoms with Gasteiger partial charge >= 0.3 is 0 Å². The first-order valence-corrected chi connectivity index (χ1v) is 11.4. The number of hydrogen-bond acceptors (Lipinski definition) is 6. The van der Waals surface area contributed by atoms with E-state index in [1.807, 2.05) is 0 Å². The smallest absolute Gasteiger partial charge is 0.246 e. The lowest BCUT2D eigenvalue weighted by Crippen LogP contribution is -2.50. The molecule has 8 nitrogen and oxygen atoms in total. The number of carbonyl (C=O) groups is 1. The topological polar surface area (TPSA) is 85.4 Å². The highest BCUT2D eigenvalue weighted by Gasteiger charge is 2.31. The number of rotatable bonds is 7. The fraction of sp³-hybridized carbons (Fsp3) is 0.318. The SMILES string of the molecule is COc1cc(/C=C/C(=O)N2CCN(S(=O)(=O)c3cc(F)ccc3F)CC2)cc(OC)c1OC. The van der Waals surface area contributed by atoms with E-state index in [1.165, 1.54) is 32.3 Å². The van der Waals surface area contributed by atoms with E-state index in [4.69, 9.17) is 14.2 Å². The number of sulfonamides is 1. The molecule has 1 saturated heterocycles. The van der Waals surface area contributed by atoms with Crippen LogP contribution < -0.4 is 14.2 Å². The van der Waals surface area contributed by atoms with E-state index in [0.29, 0.717) is 28.9 Å². The molecule has 0 bridgehead atoms. The summed E-state index contributed by atoms with van der Waals surface area (Å²) in [6.07, 6.45) is 2.94. The van der Waals surface area contributed by atoms with E-state index in [0.717, 1.165) is 16.4 Å². The number of halogens is 2. The van der Waals surface area contributed by atoms with Crippen molar-refractivity contribution in [2.75, 3.05) is 47.5 Å². The molecule has 1 fully saturated rings. The molecule has 0 radical (unpaired) electrons. The zero-order valence-corrected chi connectivity index (χ0v) is 19.2. The van der Waals surface area contributed by atoms with Gasteiger partial charge in [0.25, 0.3) is 0 Å². The largest absolute Gasteiger partial charge is 0.493 e. The second kappa shape index (κ2) is 10.2.